The van der Waals surface area contributed by atoms with Gasteiger partial charge in [0.05, 0.1) is 16.6 Å². The van der Waals surface area contributed by atoms with Crippen molar-refractivity contribution in [3.05, 3.63) is 252 Å². The van der Waals surface area contributed by atoms with E-state index in [9.17, 15) is 0 Å². The van der Waals surface area contributed by atoms with Crippen LogP contribution in [0.2, 0.25) is 0 Å². The quantitative estimate of drug-likeness (QED) is 0.161. The van der Waals surface area contributed by atoms with E-state index in [1.807, 2.05) is 6.07 Å². The minimum absolute atomic E-state index is 0.362. The van der Waals surface area contributed by atoms with E-state index in [2.05, 4.69) is 218 Å². The lowest BCUT2D eigenvalue weighted by Crippen LogP contribution is -2.26. The fourth-order valence-electron chi connectivity index (χ4n) is 11.6. The Balaban J connectivity index is 0.949. The normalized spacial score (nSPS) is 14.2. The minimum Gasteiger partial charge on any atom is -0.247 e. The molecule has 0 saturated heterocycles. The summed E-state index contributed by atoms with van der Waals surface area (Å²) < 4.78 is 0. The van der Waals surface area contributed by atoms with Gasteiger partial charge in [0.15, 0.2) is 0 Å². The molecule has 14 rings (SSSR count). The Morgan fingerprint density at radius 3 is 1.86 bits per heavy atom. The molecule has 1 spiro atoms. The third-order valence-electron chi connectivity index (χ3n) is 14.5. The predicted octanol–water partition coefficient (Wildman–Crippen LogP) is 16.4. The van der Waals surface area contributed by atoms with E-state index in [0.29, 0.717) is 0 Å². The summed E-state index contributed by atoms with van der Waals surface area (Å²) in [7, 11) is 0. The van der Waals surface area contributed by atoms with Gasteiger partial charge < -0.3 is 0 Å². The number of allylic oxidation sites excluding steroid dienone is 4. The van der Waals surface area contributed by atoms with Crippen LogP contribution >= 0.6 is 0 Å². The van der Waals surface area contributed by atoms with Crippen molar-refractivity contribution < 1.29 is 0 Å². The second kappa shape index (κ2) is 13.8. The summed E-state index contributed by atoms with van der Waals surface area (Å²) in [6.07, 6.45) is 7.14. The minimum atomic E-state index is -0.362. The van der Waals surface area contributed by atoms with E-state index in [1.165, 1.54) is 93.7 Å². The number of nitrogens with zero attached hydrogens (tertiary/aromatic N) is 1. The Morgan fingerprint density at radius 1 is 0.431 bits per heavy atom. The highest BCUT2D eigenvalue weighted by Gasteiger charge is 2.54. The molecule has 0 N–H and O–H groups in total. The van der Waals surface area contributed by atoms with Gasteiger partial charge in [0.25, 0.3) is 0 Å². The van der Waals surface area contributed by atoms with Crippen LogP contribution in [0.3, 0.4) is 0 Å². The van der Waals surface area contributed by atoms with E-state index in [1.54, 1.807) is 0 Å². The molecule has 0 aliphatic heterocycles. The highest BCUT2D eigenvalue weighted by Crippen LogP contribution is 2.65. The van der Waals surface area contributed by atoms with Gasteiger partial charge in [-0.05, 0) is 155 Å². The van der Waals surface area contributed by atoms with Gasteiger partial charge in [-0.2, -0.15) is 0 Å². The Bertz CT molecular complexity index is 3740. The number of rotatable bonds is 4. The molecule has 0 amide bonds. The molecular formula is C64H39N. The molecule has 1 heterocycles. The van der Waals surface area contributed by atoms with Crippen molar-refractivity contribution in [2.75, 3.05) is 0 Å². The van der Waals surface area contributed by atoms with Crippen LogP contribution < -0.4 is 0 Å². The smallest absolute Gasteiger partial charge is 0.0788 e. The number of benzene rings is 9. The maximum Gasteiger partial charge on any atom is 0.0788 e. The average Bonchev–Trinajstić information content (AvgIpc) is 3.85. The summed E-state index contributed by atoms with van der Waals surface area (Å²) in [5.41, 5.74) is 20.8. The zero-order chi connectivity index (χ0) is 42.6. The van der Waals surface area contributed by atoms with E-state index in [4.69, 9.17) is 4.98 Å². The van der Waals surface area contributed by atoms with Crippen LogP contribution in [0.4, 0.5) is 0 Å². The number of pyridine rings is 1. The second-order valence-electron chi connectivity index (χ2n) is 17.9. The van der Waals surface area contributed by atoms with Gasteiger partial charge in [-0.15, -0.1) is 0 Å². The number of hydrogen-bond donors (Lipinski definition) is 0. The van der Waals surface area contributed by atoms with Crippen LogP contribution in [0, 0.1) is 12.1 Å². The topological polar surface area (TPSA) is 12.9 Å². The van der Waals surface area contributed by atoms with Crippen molar-refractivity contribution in [2.45, 2.75) is 18.3 Å². The first kappa shape index (κ1) is 36.2. The highest BCUT2D eigenvalue weighted by atomic mass is 14.7. The fourth-order valence-corrected chi connectivity index (χ4v) is 11.6. The molecule has 300 valence electrons. The fraction of sp³-hybridized carbons (Fsp3) is 0.0469. The third-order valence-corrected chi connectivity index (χ3v) is 14.5. The molecule has 0 bridgehead atoms. The molecule has 3 aliphatic rings. The van der Waals surface area contributed by atoms with Gasteiger partial charge in [0, 0.05) is 27.1 Å². The summed E-state index contributed by atoms with van der Waals surface area (Å²) in [6.45, 7) is 0. The summed E-state index contributed by atoms with van der Waals surface area (Å²) >= 11 is 0. The van der Waals surface area contributed by atoms with Crippen LogP contribution in [0.5, 0.6) is 0 Å². The standard InChI is InChI=1S/C64H39N/c1-3-15-44-35-46(31-27-40(44)13-1)49-37-48(38-50(39-49)47-32-28-41-14-2-4-16-45(41)36-47)42-25-29-43(30-26-42)63-55-33-34-59-62(61(55)54-20-8-12-24-60(54)65-63)53-19-7-11-23-58(53)64(59)56-21-9-5-17-51(56)52-18-6-10-22-57(52)64/h1-3,5-6,8-10,12-15,17-39H,7,11H2. The number of para-hydroxylation sites is 1. The number of aromatic nitrogens is 1. The van der Waals surface area contributed by atoms with Gasteiger partial charge in [-0.3, -0.25) is 0 Å². The number of hydrogen-bond acceptors (Lipinski definition) is 1. The molecule has 65 heavy (non-hydrogen) atoms. The van der Waals surface area contributed by atoms with Gasteiger partial charge in [0.1, 0.15) is 0 Å². The maximum atomic E-state index is 5.48. The molecule has 1 nitrogen and oxygen atoms in total. The van der Waals surface area contributed by atoms with Crippen molar-refractivity contribution in [2.24, 2.45) is 0 Å². The van der Waals surface area contributed by atoms with E-state index < -0.39 is 0 Å². The summed E-state index contributed by atoms with van der Waals surface area (Å²) in [4.78, 5) is 5.48. The van der Waals surface area contributed by atoms with Gasteiger partial charge in [-0.25, -0.2) is 4.98 Å². The molecule has 11 aromatic rings. The van der Waals surface area contributed by atoms with E-state index in [0.717, 1.165) is 51.5 Å². The van der Waals surface area contributed by atoms with Crippen molar-refractivity contribution in [1.82, 2.24) is 4.98 Å². The molecule has 0 fully saturated rings. The largest absolute Gasteiger partial charge is 0.247 e. The van der Waals surface area contributed by atoms with Crippen LogP contribution in [0.25, 0.3) is 105 Å². The second-order valence-corrected chi connectivity index (χ2v) is 17.9. The first-order valence-electron chi connectivity index (χ1n) is 22.8. The SMILES string of the molecule is c1ccc2ccc(-c3cc(-c4ccc(-c5nc6ccccc6c6c7c(ccc56)C5(C6=CCCC=C67)c6ccccc6-c6ccccc65)cc4)cc(-c4ccc5ccccc5c4)c3)cc2c#1. The molecular weight excluding hydrogens is 783 g/mol. The Morgan fingerprint density at radius 2 is 1.06 bits per heavy atom. The van der Waals surface area contributed by atoms with Crippen LogP contribution in [-0.2, 0) is 5.41 Å². The van der Waals surface area contributed by atoms with Crippen molar-refractivity contribution in [3.63, 3.8) is 0 Å². The third kappa shape index (κ3) is 5.26. The van der Waals surface area contributed by atoms with Gasteiger partial charge >= 0.3 is 0 Å². The Hall–Kier alpha value is -8.31. The molecule has 0 atom stereocenters. The molecule has 0 radical (unpaired) electrons. The van der Waals surface area contributed by atoms with Crippen molar-refractivity contribution in [1.29, 1.82) is 0 Å². The van der Waals surface area contributed by atoms with Crippen LogP contribution in [-0.4, -0.2) is 4.98 Å². The predicted molar refractivity (Wildman–Crippen MR) is 271 cm³/mol. The lowest BCUT2D eigenvalue weighted by atomic mass is 9.69. The van der Waals surface area contributed by atoms with Gasteiger partial charge in [-0.1, -0.05) is 176 Å². The van der Waals surface area contributed by atoms with E-state index in [-0.39, 0.29) is 5.41 Å². The highest BCUT2D eigenvalue weighted by molar-refractivity contribution is 6.19. The lowest BCUT2D eigenvalue weighted by molar-refractivity contribution is 0.783. The summed E-state index contributed by atoms with van der Waals surface area (Å²) in [5.74, 6) is 0. The molecule has 0 saturated carbocycles. The van der Waals surface area contributed by atoms with Crippen LogP contribution in [0.15, 0.2) is 218 Å². The molecule has 1 aromatic heterocycles. The zero-order valence-electron chi connectivity index (χ0n) is 35.6. The summed E-state index contributed by atoms with van der Waals surface area (Å²) in [6, 6.07) is 80.4. The summed E-state index contributed by atoms with van der Waals surface area (Å²) in [5, 5.41) is 8.38. The molecule has 1 heteroatoms. The first-order valence-corrected chi connectivity index (χ1v) is 22.8. The van der Waals surface area contributed by atoms with Crippen molar-refractivity contribution >= 4 is 48.8 Å². The van der Waals surface area contributed by atoms with Crippen molar-refractivity contribution in [3.8, 4) is 55.8 Å². The molecule has 0 unspecified atom stereocenters. The zero-order valence-corrected chi connectivity index (χ0v) is 35.6. The van der Waals surface area contributed by atoms with E-state index >= 15 is 0 Å². The average molecular weight is 822 g/mol. The number of fused-ring (bicyclic) bond motifs is 16. The lowest BCUT2D eigenvalue weighted by Gasteiger charge is -2.31. The molecule has 10 aromatic carbocycles. The Kier molecular flexibility index (Phi) is 7.71. The monoisotopic (exact) mass is 821 g/mol. The first-order chi connectivity index (χ1) is 32.2. The molecule has 3 aliphatic carbocycles. The van der Waals surface area contributed by atoms with Crippen LogP contribution in [0.1, 0.15) is 35.1 Å². The maximum absolute atomic E-state index is 5.48. The Labute approximate surface area is 378 Å². The van der Waals surface area contributed by atoms with Gasteiger partial charge in [0.2, 0.25) is 0 Å².